The Morgan fingerprint density at radius 2 is 2.03 bits per heavy atom. The van der Waals surface area contributed by atoms with Crippen molar-refractivity contribution in [3.8, 4) is 11.5 Å². The van der Waals surface area contributed by atoms with Gasteiger partial charge in [-0.05, 0) is 50.8 Å². The van der Waals surface area contributed by atoms with Crippen LogP contribution in [0.5, 0.6) is 11.5 Å². The summed E-state index contributed by atoms with van der Waals surface area (Å²) in [6, 6.07) is 5.04. The van der Waals surface area contributed by atoms with Crippen LogP contribution in [0.15, 0.2) is 34.5 Å². The summed E-state index contributed by atoms with van der Waals surface area (Å²) in [4.78, 5) is 30.6. The average Bonchev–Trinajstić information content (AvgIpc) is 2.72. The molecule has 0 saturated heterocycles. The molecule has 1 heterocycles. The van der Waals surface area contributed by atoms with Gasteiger partial charge in [0.1, 0.15) is 5.92 Å². The first-order valence-corrected chi connectivity index (χ1v) is 10.9. The van der Waals surface area contributed by atoms with Gasteiger partial charge in [0.2, 0.25) is 0 Å². The van der Waals surface area contributed by atoms with Crippen molar-refractivity contribution >= 4 is 17.5 Å². The Morgan fingerprint density at radius 1 is 1.23 bits per heavy atom. The van der Waals surface area contributed by atoms with Gasteiger partial charge in [-0.15, -0.1) is 0 Å². The van der Waals surface area contributed by atoms with Gasteiger partial charge in [-0.1, -0.05) is 25.8 Å². The number of benzene rings is 1. The SMILES string of the molecule is CCCCCOC(=O)C1C(C)=NC2=C(C(=O)CCC2)[C@H]1c1ccc(O)c(OCC)c1. The van der Waals surface area contributed by atoms with Crippen LogP contribution in [0, 0.1) is 5.92 Å². The molecule has 1 aromatic rings. The third-order valence-electron chi connectivity index (χ3n) is 5.72. The van der Waals surface area contributed by atoms with Crippen LogP contribution in [0.1, 0.15) is 70.8 Å². The highest BCUT2D eigenvalue weighted by Gasteiger charge is 2.43. The Kier molecular flexibility index (Phi) is 7.29. The fourth-order valence-electron chi connectivity index (χ4n) is 4.28. The smallest absolute Gasteiger partial charge is 0.315 e. The van der Waals surface area contributed by atoms with Gasteiger partial charge >= 0.3 is 5.97 Å². The molecule has 0 bridgehead atoms. The monoisotopic (exact) mass is 413 g/mol. The van der Waals surface area contributed by atoms with E-state index in [9.17, 15) is 14.7 Å². The molecule has 2 atom stereocenters. The van der Waals surface area contributed by atoms with Crippen LogP contribution < -0.4 is 4.74 Å². The average molecular weight is 414 g/mol. The predicted molar refractivity (Wildman–Crippen MR) is 115 cm³/mol. The van der Waals surface area contributed by atoms with Gasteiger partial charge in [0.05, 0.1) is 13.2 Å². The number of hydrogen-bond donors (Lipinski definition) is 1. The summed E-state index contributed by atoms with van der Waals surface area (Å²) < 4.78 is 11.1. The first kappa shape index (κ1) is 22.1. The molecule has 0 radical (unpaired) electrons. The fraction of sp³-hybridized carbons (Fsp3) is 0.542. The number of allylic oxidation sites excluding steroid dienone is 2. The zero-order chi connectivity index (χ0) is 21.7. The summed E-state index contributed by atoms with van der Waals surface area (Å²) >= 11 is 0. The number of carbonyl (C=O) groups excluding carboxylic acids is 2. The summed E-state index contributed by atoms with van der Waals surface area (Å²) in [7, 11) is 0. The van der Waals surface area contributed by atoms with E-state index in [0.717, 1.165) is 43.4 Å². The van der Waals surface area contributed by atoms with Crippen LogP contribution in [0.4, 0.5) is 0 Å². The Balaban J connectivity index is 2.02. The van der Waals surface area contributed by atoms with E-state index in [2.05, 4.69) is 11.9 Å². The van der Waals surface area contributed by atoms with E-state index in [4.69, 9.17) is 9.47 Å². The molecule has 2 aliphatic rings. The van der Waals surface area contributed by atoms with Gasteiger partial charge in [0.15, 0.2) is 17.3 Å². The van der Waals surface area contributed by atoms with Crippen molar-refractivity contribution in [3.63, 3.8) is 0 Å². The van der Waals surface area contributed by atoms with Crippen molar-refractivity contribution in [2.45, 2.75) is 65.2 Å². The standard InChI is InChI=1S/C24H31NO5/c1-4-6-7-13-30-24(28)21-15(3)25-17-9-8-10-19(27)23(17)22(21)16-11-12-18(26)20(14-16)29-5-2/h11-12,14,21-22,26H,4-10,13H2,1-3H3/t21?,22-/m0/s1. The summed E-state index contributed by atoms with van der Waals surface area (Å²) in [5, 5.41) is 10.1. The quantitative estimate of drug-likeness (QED) is 0.493. The highest BCUT2D eigenvalue weighted by molar-refractivity contribution is 6.08. The second-order valence-electron chi connectivity index (χ2n) is 7.88. The zero-order valence-electron chi connectivity index (χ0n) is 18.1. The second-order valence-corrected chi connectivity index (χ2v) is 7.88. The minimum atomic E-state index is -0.661. The lowest BCUT2D eigenvalue weighted by atomic mass is 9.71. The van der Waals surface area contributed by atoms with Crippen molar-refractivity contribution < 1.29 is 24.2 Å². The minimum Gasteiger partial charge on any atom is -0.504 e. The van der Waals surface area contributed by atoms with Crippen LogP contribution in [-0.2, 0) is 14.3 Å². The topological polar surface area (TPSA) is 85.2 Å². The Bertz CT molecular complexity index is 870. The molecular formula is C24H31NO5. The number of carbonyl (C=O) groups is 2. The van der Waals surface area contributed by atoms with Gasteiger partial charge in [0.25, 0.3) is 0 Å². The molecule has 1 aliphatic carbocycles. The molecule has 6 nitrogen and oxygen atoms in total. The maximum absolute atomic E-state index is 13.1. The molecule has 0 saturated carbocycles. The number of nitrogens with zero attached hydrogens (tertiary/aromatic N) is 1. The third kappa shape index (κ3) is 4.58. The van der Waals surface area contributed by atoms with E-state index in [1.807, 2.05) is 13.8 Å². The molecule has 0 amide bonds. The van der Waals surface area contributed by atoms with Crippen molar-refractivity contribution in [2.24, 2.45) is 10.9 Å². The molecule has 1 unspecified atom stereocenters. The van der Waals surface area contributed by atoms with E-state index in [1.165, 1.54) is 0 Å². The van der Waals surface area contributed by atoms with Crippen molar-refractivity contribution in [1.82, 2.24) is 0 Å². The van der Waals surface area contributed by atoms with Gasteiger partial charge in [-0.2, -0.15) is 0 Å². The molecule has 6 heteroatoms. The van der Waals surface area contributed by atoms with Gasteiger partial charge in [-0.25, -0.2) is 0 Å². The largest absolute Gasteiger partial charge is 0.504 e. The summed E-state index contributed by atoms with van der Waals surface area (Å²) in [6.45, 7) is 6.53. The molecule has 1 N–H and O–H groups in total. The highest BCUT2D eigenvalue weighted by atomic mass is 16.5. The Labute approximate surface area is 178 Å². The molecule has 1 aliphatic heterocycles. The van der Waals surface area contributed by atoms with E-state index in [-0.39, 0.29) is 17.5 Å². The zero-order valence-corrected chi connectivity index (χ0v) is 18.1. The number of Topliss-reactive ketones (excluding diaryl/α,β-unsaturated/α-hetero) is 1. The Morgan fingerprint density at radius 3 is 2.77 bits per heavy atom. The normalized spacial score (nSPS) is 21.2. The number of phenolic OH excluding ortho intramolecular Hbond substituents is 1. The first-order valence-electron chi connectivity index (χ1n) is 10.9. The molecule has 3 rings (SSSR count). The van der Waals surface area contributed by atoms with Crippen molar-refractivity contribution in [2.75, 3.05) is 13.2 Å². The van der Waals surface area contributed by atoms with Crippen molar-refractivity contribution in [1.29, 1.82) is 0 Å². The molecule has 0 fully saturated rings. The number of ketones is 1. The molecule has 0 aromatic heterocycles. The van der Waals surface area contributed by atoms with Crippen LogP contribution in [-0.4, -0.2) is 35.8 Å². The van der Waals surface area contributed by atoms with Gasteiger partial charge in [-0.3, -0.25) is 14.6 Å². The summed E-state index contributed by atoms with van der Waals surface area (Å²) in [5.41, 5.74) is 2.80. The lowest BCUT2D eigenvalue weighted by Crippen LogP contribution is -2.37. The molecule has 0 spiro atoms. The van der Waals surface area contributed by atoms with E-state index in [0.29, 0.717) is 36.7 Å². The van der Waals surface area contributed by atoms with Crippen LogP contribution in [0.2, 0.25) is 0 Å². The van der Waals surface area contributed by atoms with E-state index < -0.39 is 11.8 Å². The van der Waals surface area contributed by atoms with Gasteiger partial charge < -0.3 is 14.6 Å². The highest BCUT2D eigenvalue weighted by Crippen LogP contribution is 2.45. The van der Waals surface area contributed by atoms with Gasteiger partial charge in [0, 0.05) is 29.3 Å². The number of ether oxygens (including phenoxy) is 2. The summed E-state index contributed by atoms with van der Waals surface area (Å²) in [5.74, 6) is -1.09. The van der Waals surface area contributed by atoms with Crippen molar-refractivity contribution in [3.05, 3.63) is 35.0 Å². The second kappa shape index (κ2) is 9.92. The Hall–Kier alpha value is -2.63. The maximum atomic E-state index is 13.1. The molecule has 162 valence electrons. The van der Waals surface area contributed by atoms with Crippen LogP contribution in [0.3, 0.4) is 0 Å². The number of phenols is 1. The third-order valence-corrected chi connectivity index (χ3v) is 5.72. The number of unbranched alkanes of at least 4 members (excludes halogenated alkanes) is 2. The van der Waals surface area contributed by atoms with E-state index in [1.54, 1.807) is 18.2 Å². The number of aromatic hydroxyl groups is 1. The predicted octanol–water partition coefficient (Wildman–Crippen LogP) is 4.71. The number of aliphatic imine (C=N–C) groups is 1. The first-order chi connectivity index (χ1) is 14.5. The van der Waals surface area contributed by atoms with Crippen LogP contribution in [0.25, 0.3) is 0 Å². The number of rotatable bonds is 8. The lowest BCUT2D eigenvalue weighted by Gasteiger charge is -2.34. The van der Waals surface area contributed by atoms with E-state index >= 15 is 0 Å². The minimum absolute atomic E-state index is 0.0321. The number of hydrogen-bond acceptors (Lipinski definition) is 6. The summed E-state index contributed by atoms with van der Waals surface area (Å²) in [6.07, 6.45) is 4.81. The molecular weight excluding hydrogens is 382 g/mol. The lowest BCUT2D eigenvalue weighted by molar-refractivity contribution is -0.146. The molecule has 1 aromatic carbocycles. The number of esters is 1. The maximum Gasteiger partial charge on any atom is 0.315 e. The van der Waals surface area contributed by atoms with Crippen LogP contribution >= 0.6 is 0 Å². The fourth-order valence-corrected chi connectivity index (χ4v) is 4.28. The molecule has 30 heavy (non-hydrogen) atoms.